The number of furan rings is 1. The van der Waals surface area contributed by atoms with Gasteiger partial charge in [0.05, 0.1) is 11.6 Å². The molecule has 4 nitrogen and oxygen atoms in total. The molecule has 1 heterocycles. The van der Waals surface area contributed by atoms with Crippen LogP contribution in [0, 0.1) is 17.1 Å². The number of hydrogen-bond donors (Lipinski definition) is 0. The van der Waals surface area contributed by atoms with Crippen LogP contribution in [0.5, 0.6) is 0 Å². The second kappa shape index (κ2) is 6.80. The largest absolute Gasteiger partial charge is 0.455 e. The molecular weight excluding hydrogens is 309 g/mol. The fourth-order valence-electron chi connectivity index (χ4n) is 2.19. The average molecular weight is 321 g/mol. The van der Waals surface area contributed by atoms with Crippen LogP contribution >= 0.6 is 0 Å². The van der Waals surface area contributed by atoms with Gasteiger partial charge >= 0.3 is 5.97 Å². The van der Waals surface area contributed by atoms with E-state index in [2.05, 4.69) is 0 Å². The van der Waals surface area contributed by atoms with Crippen molar-refractivity contribution in [3.8, 4) is 17.4 Å². The number of hydrogen-bond acceptors (Lipinski definition) is 4. The van der Waals surface area contributed by atoms with Crippen molar-refractivity contribution in [2.45, 2.75) is 6.61 Å². The zero-order valence-corrected chi connectivity index (χ0v) is 12.5. The zero-order chi connectivity index (χ0) is 16.9. The molecule has 0 saturated carbocycles. The molecule has 0 atom stereocenters. The predicted molar refractivity (Wildman–Crippen MR) is 84.4 cm³/mol. The van der Waals surface area contributed by atoms with E-state index in [0.29, 0.717) is 22.5 Å². The lowest BCUT2D eigenvalue weighted by Crippen LogP contribution is -2.05. The molecule has 118 valence electrons. The van der Waals surface area contributed by atoms with E-state index in [1.165, 1.54) is 18.2 Å². The number of nitriles is 1. The maximum atomic E-state index is 12.9. The second-order valence-electron chi connectivity index (χ2n) is 5.02. The van der Waals surface area contributed by atoms with E-state index in [1.54, 1.807) is 42.5 Å². The lowest BCUT2D eigenvalue weighted by molar-refractivity contribution is 0.0437. The SMILES string of the molecule is N#Cc1ccccc1COC(=O)c1ccc(-c2ccc(F)cc2)o1. The maximum absolute atomic E-state index is 12.9. The van der Waals surface area contributed by atoms with Gasteiger partial charge in [0.1, 0.15) is 18.2 Å². The van der Waals surface area contributed by atoms with Crippen LogP contribution in [-0.2, 0) is 11.3 Å². The molecule has 0 radical (unpaired) electrons. The van der Waals surface area contributed by atoms with Gasteiger partial charge in [0, 0.05) is 11.1 Å². The van der Waals surface area contributed by atoms with Gasteiger partial charge in [0.15, 0.2) is 0 Å². The van der Waals surface area contributed by atoms with Crippen molar-refractivity contribution >= 4 is 5.97 Å². The molecule has 0 aliphatic rings. The molecule has 0 unspecified atom stereocenters. The summed E-state index contributed by atoms with van der Waals surface area (Å²) in [5.41, 5.74) is 1.74. The Kier molecular flexibility index (Phi) is 4.39. The summed E-state index contributed by atoms with van der Waals surface area (Å²) in [6.45, 7) is -0.0187. The first-order valence-corrected chi connectivity index (χ1v) is 7.18. The maximum Gasteiger partial charge on any atom is 0.374 e. The summed E-state index contributed by atoms with van der Waals surface area (Å²) < 4.78 is 23.6. The van der Waals surface area contributed by atoms with Gasteiger partial charge in [-0.15, -0.1) is 0 Å². The van der Waals surface area contributed by atoms with Gasteiger partial charge in [-0.3, -0.25) is 0 Å². The van der Waals surface area contributed by atoms with Crippen LogP contribution in [0.3, 0.4) is 0 Å². The molecule has 0 fully saturated rings. The molecule has 0 aliphatic heterocycles. The van der Waals surface area contributed by atoms with Gasteiger partial charge in [-0.2, -0.15) is 5.26 Å². The average Bonchev–Trinajstić information content (AvgIpc) is 3.10. The minimum atomic E-state index is -0.629. The van der Waals surface area contributed by atoms with Crippen LogP contribution in [0.25, 0.3) is 11.3 Å². The lowest BCUT2D eigenvalue weighted by Gasteiger charge is -2.04. The molecule has 24 heavy (non-hydrogen) atoms. The Balaban J connectivity index is 1.70. The number of benzene rings is 2. The summed E-state index contributed by atoms with van der Waals surface area (Å²) in [5.74, 6) is -0.486. The molecule has 0 amide bonds. The molecule has 0 spiro atoms. The fourth-order valence-corrected chi connectivity index (χ4v) is 2.19. The van der Waals surface area contributed by atoms with E-state index in [-0.39, 0.29) is 18.2 Å². The highest BCUT2D eigenvalue weighted by atomic mass is 19.1. The first-order chi connectivity index (χ1) is 11.7. The number of esters is 1. The molecule has 0 aliphatic carbocycles. The van der Waals surface area contributed by atoms with Crippen LogP contribution in [0.4, 0.5) is 4.39 Å². The summed E-state index contributed by atoms with van der Waals surface area (Å²) in [7, 11) is 0. The van der Waals surface area contributed by atoms with Crippen molar-refractivity contribution in [3.63, 3.8) is 0 Å². The summed E-state index contributed by atoms with van der Waals surface area (Å²) in [6.07, 6.45) is 0. The Labute approximate surface area is 137 Å². The molecule has 0 N–H and O–H groups in total. The Morgan fingerprint density at radius 3 is 2.58 bits per heavy atom. The number of carbonyl (C=O) groups excluding carboxylic acids is 1. The quantitative estimate of drug-likeness (QED) is 0.672. The molecule has 5 heteroatoms. The van der Waals surface area contributed by atoms with Crippen LogP contribution < -0.4 is 0 Å². The van der Waals surface area contributed by atoms with E-state index in [1.807, 2.05) is 6.07 Å². The highest BCUT2D eigenvalue weighted by molar-refractivity contribution is 5.87. The van der Waals surface area contributed by atoms with Gasteiger partial charge in [0.25, 0.3) is 0 Å². The van der Waals surface area contributed by atoms with Crippen LogP contribution in [-0.4, -0.2) is 5.97 Å². The number of carbonyl (C=O) groups is 1. The number of ether oxygens (including phenoxy) is 1. The number of nitrogens with zero attached hydrogens (tertiary/aromatic N) is 1. The van der Waals surface area contributed by atoms with Gasteiger partial charge in [0.2, 0.25) is 5.76 Å². The molecule has 1 aromatic heterocycles. The highest BCUT2D eigenvalue weighted by Crippen LogP contribution is 2.23. The number of rotatable bonds is 4. The molecule has 0 saturated heterocycles. The van der Waals surface area contributed by atoms with Crippen molar-refractivity contribution in [3.05, 3.63) is 83.4 Å². The van der Waals surface area contributed by atoms with Crippen molar-refractivity contribution in [1.29, 1.82) is 5.26 Å². The topological polar surface area (TPSA) is 63.2 Å². The Hall–Kier alpha value is -3.39. The van der Waals surface area contributed by atoms with Crippen molar-refractivity contribution < 1.29 is 18.3 Å². The van der Waals surface area contributed by atoms with E-state index in [4.69, 9.17) is 14.4 Å². The highest BCUT2D eigenvalue weighted by Gasteiger charge is 2.14. The summed E-state index contributed by atoms with van der Waals surface area (Å²) in [4.78, 5) is 12.1. The van der Waals surface area contributed by atoms with Crippen LogP contribution in [0.15, 0.2) is 65.1 Å². The summed E-state index contributed by atoms with van der Waals surface area (Å²) in [5, 5.41) is 9.01. The molecule has 3 rings (SSSR count). The van der Waals surface area contributed by atoms with E-state index in [9.17, 15) is 9.18 Å². The molecule has 3 aromatic rings. The number of halogens is 1. The summed E-state index contributed by atoms with van der Waals surface area (Å²) in [6, 6.07) is 17.8. The molecular formula is C19H12FNO3. The first-order valence-electron chi connectivity index (χ1n) is 7.18. The minimum absolute atomic E-state index is 0.0187. The van der Waals surface area contributed by atoms with E-state index in [0.717, 1.165) is 0 Å². The van der Waals surface area contributed by atoms with Crippen LogP contribution in [0.2, 0.25) is 0 Å². The Morgan fingerprint density at radius 2 is 1.83 bits per heavy atom. The fraction of sp³-hybridized carbons (Fsp3) is 0.0526. The van der Waals surface area contributed by atoms with Crippen molar-refractivity contribution in [2.24, 2.45) is 0 Å². The van der Waals surface area contributed by atoms with Crippen molar-refractivity contribution in [2.75, 3.05) is 0 Å². The third-order valence-corrected chi connectivity index (χ3v) is 3.43. The van der Waals surface area contributed by atoms with Gasteiger partial charge in [-0.05, 0) is 42.5 Å². The Bertz CT molecular complexity index is 907. The normalized spacial score (nSPS) is 10.2. The van der Waals surface area contributed by atoms with Crippen molar-refractivity contribution in [1.82, 2.24) is 0 Å². The zero-order valence-electron chi connectivity index (χ0n) is 12.5. The Morgan fingerprint density at radius 1 is 1.08 bits per heavy atom. The third kappa shape index (κ3) is 3.33. The molecule has 0 bridgehead atoms. The minimum Gasteiger partial charge on any atom is -0.455 e. The van der Waals surface area contributed by atoms with E-state index < -0.39 is 5.97 Å². The predicted octanol–water partition coefficient (Wildman–Crippen LogP) is 4.31. The summed E-state index contributed by atoms with van der Waals surface area (Å²) >= 11 is 0. The van der Waals surface area contributed by atoms with Gasteiger partial charge < -0.3 is 9.15 Å². The monoisotopic (exact) mass is 321 g/mol. The molecule has 2 aromatic carbocycles. The second-order valence-corrected chi connectivity index (χ2v) is 5.02. The van der Waals surface area contributed by atoms with E-state index >= 15 is 0 Å². The third-order valence-electron chi connectivity index (χ3n) is 3.43. The van der Waals surface area contributed by atoms with Gasteiger partial charge in [-0.1, -0.05) is 18.2 Å². The van der Waals surface area contributed by atoms with Crippen LogP contribution in [0.1, 0.15) is 21.7 Å². The lowest BCUT2D eigenvalue weighted by atomic mass is 10.1. The van der Waals surface area contributed by atoms with Gasteiger partial charge in [-0.25, -0.2) is 9.18 Å². The standard InChI is InChI=1S/C19H12FNO3/c20-16-7-5-13(6-8-16)17-9-10-18(24-17)19(22)23-12-15-4-2-1-3-14(15)11-21/h1-10H,12H2. The smallest absolute Gasteiger partial charge is 0.374 e. The first kappa shape index (κ1) is 15.5.